The SMILES string of the molecule is C[C@@H](O)CNC(=O)c1ccc(Br)cc1F. The Morgan fingerprint density at radius 1 is 1.67 bits per heavy atom. The second kappa shape index (κ2) is 5.23. The van der Waals surface area contributed by atoms with E-state index in [1.807, 2.05) is 0 Å². The molecule has 0 aliphatic heterocycles. The molecule has 1 rings (SSSR count). The fraction of sp³-hybridized carbons (Fsp3) is 0.300. The minimum absolute atomic E-state index is 0.0288. The summed E-state index contributed by atoms with van der Waals surface area (Å²) in [5, 5.41) is 11.4. The zero-order valence-corrected chi connectivity index (χ0v) is 9.71. The summed E-state index contributed by atoms with van der Waals surface area (Å²) in [6, 6.07) is 4.19. The molecular weight excluding hydrogens is 265 g/mol. The first kappa shape index (κ1) is 12.1. The highest BCUT2D eigenvalue weighted by atomic mass is 79.9. The number of rotatable bonds is 3. The maximum Gasteiger partial charge on any atom is 0.254 e. The summed E-state index contributed by atoms with van der Waals surface area (Å²) in [6.45, 7) is 1.65. The fourth-order valence-electron chi connectivity index (χ4n) is 1.01. The highest BCUT2D eigenvalue weighted by molar-refractivity contribution is 9.10. The molecule has 0 radical (unpaired) electrons. The largest absolute Gasteiger partial charge is 0.392 e. The van der Waals surface area contributed by atoms with E-state index < -0.39 is 17.8 Å². The molecule has 0 spiro atoms. The molecule has 5 heteroatoms. The lowest BCUT2D eigenvalue weighted by Gasteiger charge is -2.07. The molecule has 1 atom stereocenters. The molecule has 0 saturated heterocycles. The monoisotopic (exact) mass is 275 g/mol. The Kier molecular flexibility index (Phi) is 4.23. The van der Waals surface area contributed by atoms with Crippen LogP contribution < -0.4 is 5.32 Å². The predicted octanol–water partition coefficient (Wildman–Crippen LogP) is 1.70. The van der Waals surface area contributed by atoms with E-state index in [4.69, 9.17) is 5.11 Å². The number of amides is 1. The lowest BCUT2D eigenvalue weighted by molar-refractivity contribution is 0.0920. The third-order valence-electron chi connectivity index (χ3n) is 1.73. The predicted molar refractivity (Wildman–Crippen MR) is 58.1 cm³/mol. The van der Waals surface area contributed by atoms with Gasteiger partial charge in [-0.15, -0.1) is 0 Å². The van der Waals surface area contributed by atoms with Crippen LogP contribution in [0.15, 0.2) is 22.7 Å². The molecule has 15 heavy (non-hydrogen) atoms. The Morgan fingerprint density at radius 3 is 2.87 bits per heavy atom. The number of hydrogen-bond donors (Lipinski definition) is 2. The van der Waals surface area contributed by atoms with Crippen LogP contribution in [-0.4, -0.2) is 23.7 Å². The van der Waals surface area contributed by atoms with Gasteiger partial charge in [0, 0.05) is 11.0 Å². The van der Waals surface area contributed by atoms with Gasteiger partial charge in [-0.05, 0) is 25.1 Å². The van der Waals surface area contributed by atoms with Crippen molar-refractivity contribution in [1.29, 1.82) is 0 Å². The summed E-state index contributed by atoms with van der Waals surface area (Å²) in [5.74, 6) is -1.12. The van der Waals surface area contributed by atoms with Crippen molar-refractivity contribution in [3.63, 3.8) is 0 Å². The molecule has 2 N–H and O–H groups in total. The van der Waals surface area contributed by atoms with Crippen molar-refractivity contribution in [2.24, 2.45) is 0 Å². The molecule has 1 amide bonds. The zero-order valence-electron chi connectivity index (χ0n) is 8.13. The molecule has 1 aromatic rings. The lowest BCUT2D eigenvalue weighted by atomic mass is 10.2. The van der Waals surface area contributed by atoms with Gasteiger partial charge in [-0.3, -0.25) is 4.79 Å². The molecule has 0 unspecified atom stereocenters. The first-order chi connectivity index (χ1) is 7.00. The number of nitrogens with one attached hydrogen (secondary N) is 1. The summed E-state index contributed by atoms with van der Waals surface area (Å²) in [6.07, 6.45) is -0.646. The average Bonchev–Trinajstić information content (AvgIpc) is 2.14. The van der Waals surface area contributed by atoms with Crippen LogP contribution in [0.25, 0.3) is 0 Å². The number of aliphatic hydroxyl groups excluding tert-OH is 1. The minimum Gasteiger partial charge on any atom is -0.392 e. The molecule has 1 aromatic carbocycles. The Hall–Kier alpha value is -0.940. The van der Waals surface area contributed by atoms with Crippen LogP contribution >= 0.6 is 15.9 Å². The molecule has 82 valence electrons. The van der Waals surface area contributed by atoms with Gasteiger partial charge in [0.05, 0.1) is 11.7 Å². The molecule has 0 heterocycles. The van der Waals surface area contributed by atoms with Gasteiger partial charge in [0.2, 0.25) is 0 Å². The second-order valence-corrected chi connectivity index (χ2v) is 4.10. The average molecular weight is 276 g/mol. The first-order valence-corrected chi connectivity index (χ1v) is 5.21. The van der Waals surface area contributed by atoms with Crippen LogP contribution in [0.5, 0.6) is 0 Å². The normalized spacial score (nSPS) is 12.3. The Bertz CT molecular complexity index is 368. The van der Waals surface area contributed by atoms with Gasteiger partial charge in [0.1, 0.15) is 5.82 Å². The maximum absolute atomic E-state index is 13.3. The van der Waals surface area contributed by atoms with E-state index >= 15 is 0 Å². The van der Waals surface area contributed by atoms with Crippen molar-refractivity contribution < 1.29 is 14.3 Å². The Labute approximate surface area is 95.4 Å². The third-order valence-corrected chi connectivity index (χ3v) is 2.23. The highest BCUT2D eigenvalue weighted by Gasteiger charge is 2.11. The lowest BCUT2D eigenvalue weighted by Crippen LogP contribution is -2.31. The molecule has 0 fully saturated rings. The van der Waals surface area contributed by atoms with Gasteiger partial charge in [0.15, 0.2) is 0 Å². The van der Waals surface area contributed by atoms with Gasteiger partial charge in [-0.1, -0.05) is 15.9 Å². The van der Waals surface area contributed by atoms with Gasteiger partial charge < -0.3 is 10.4 Å². The summed E-state index contributed by atoms with van der Waals surface area (Å²) in [7, 11) is 0. The summed E-state index contributed by atoms with van der Waals surface area (Å²) >= 11 is 3.10. The van der Waals surface area contributed by atoms with Gasteiger partial charge >= 0.3 is 0 Å². The first-order valence-electron chi connectivity index (χ1n) is 4.42. The van der Waals surface area contributed by atoms with Crippen molar-refractivity contribution in [2.75, 3.05) is 6.54 Å². The van der Waals surface area contributed by atoms with Crippen LogP contribution in [-0.2, 0) is 0 Å². The molecule has 3 nitrogen and oxygen atoms in total. The van der Waals surface area contributed by atoms with E-state index in [-0.39, 0.29) is 12.1 Å². The minimum atomic E-state index is -0.646. The fourth-order valence-corrected chi connectivity index (χ4v) is 1.34. The van der Waals surface area contributed by atoms with Crippen molar-refractivity contribution in [3.05, 3.63) is 34.1 Å². The van der Waals surface area contributed by atoms with Crippen LogP contribution in [0.3, 0.4) is 0 Å². The quantitative estimate of drug-likeness (QED) is 0.882. The smallest absolute Gasteiger partial charge is 0.254 e. The van der Waals surface area contributed by atoms with E-state index in [0.29, 0.717) is 4.47 Å². The van der Waals surface area contributed by atoms with Gasteiger partial charge in [0.25, 0.3) is 5.91 Å². The number of aliphatic hydroxyl groups is 1. The number of hydrogen-bond acceptors (Lipinski definition) is 2. The zero-order chi connectivity index (χ0) is 11.4. The van der Waals surface area contributed by atoms with E-state index in [2.05, 4.69) is 21.2 Å². The van der Waals surface area contributed by atoms with Crippen LogP contribution in [0.2, 0.25) is 0 Å². The highest BCUT2D eigenvalue weighted by Crippen LogP contribution is 2.14. The Balaban J connectivity index is 2.74. The summed E-state index contributed by atoms with van der Waals surface area (Å²) in [4.78, 5) is 11.4. The van der Waals surface area contributed by atoms with Crippen LogP contribution in [0, 0.1) is 5.82 Å². The molecule has 0 aliphatic rings. The molecular formula is C10H11BrFNO2. The number of benzene rings is 1. The van der Waals surface area contributed by atoms with Crippen molar-refractivity contribution in [3.8, 4) is 0 Å². The van der Waals surface area contributed by atoms with Gasteiger partial charge in [-0.2, -0.15) is 0 Å². The summed E-state index contributed by atoms with van der Waals surface area (Å²) < 4.78 is 13.8. The van der Waals surface area contributed by atoms with Crippen LogP contribution in [0.4, 0.5) is 4.39 Å². The van der Waals surface area contributed by atoms with E-state index in [1.54, 1.807) is 6.07 Å². The van der Waals surface area contributed by atoms with Crippen molar-refractivity contribution in [1.82, 2.24) is 5.32 Å². The molecule has 0 aliphatic carbocycles. The maximum atomic E-state index is 13.3. The van der Waals surface area contributed by atoms with Crippen molar-refractivity contribution >= 4 is 21.8 Å². The standard InChI is InChI=1S/C10H11BrFNO2/c1-6(14)5-13-10(15)8-3-2-7(11)4-9(8)12/h2-4,6,14H,5H2,1H3,(H,13,15)/t6-/m1/s1. The van der Waals surface area contributed by atoms with Crippen molar-refractivity contribution in [2.45, 2.75) is 13.0 Å². The molecule has 0 aromatic heterocycles. The number of halogens is 2. The second-order valence-electron chi connectivity index (χ2n) is 3.18. The molecule has 0 saturated carbocycles. The van der Waals surface area contributed by atoms with E-state index in [0.717, 1.165) is 0 Å². The van der Waals surface area contributed by atoms with E-state index in [9.17, 15) is 9.18 Å². The van der Waals surface area contributed by atoms with Gasteiger partial charge in [-0.25, -0.2) is 4.39 Å². The Morgan fingerprint density at radius 2 is 2.33 bits per heavy atom. The third kappa shape index (κ3) is 3.60. The topological polar surface area (TPSA) is 49.3 Å². The van der Waals surface area contributed by atoms with Crippen LogP contribution in [0.1, 0.15) is 17.3 Å². The molecule has 0 bridgehead atoms. The number of carbonyl (C=O) groups is 1. The summed E-state index contributed by atoms with van der Waals surface area (Å²) in [5.41, 5.74) is -0.0288. The number of carbonyl (C=O) groups excluding carboxylic acids is 1. The van der Waals surface area contributed by atoms with E-state index in [1.165, 1.54) is 19.1 Å².